The molecular formula is C23H28N4O. The van der Waals surface area contributed by atoms with E-state index in [4.69, 9.17) is 14.7 Å². The lowest BCUT2D eigenvalue weighted by Crippen LogP contribution is -2.24. The van der Waals surface area contributed by atoms with Crippen molar-refractivity contribution in [1.29, 1.82) is 0 Å². The maximum absolute atomic E-state index is 5.94. The van der Waals surface area contributed by atoms with Gasteiger partial charge in [0.15, 0.2) is 0 Å². The number of para-hydroxylation sites is 2. The molecule has 0 aliphatic heterocycles. The summed E-state index contributed by atoms with van der Waals surface area (Å²) < 4.78 is 5.94. The Morgan fingerprint density at radius 3 is 2.29 bits per heavy atom. The first-order valence-electron chi connectivity index (χ1n) is 9.82. The molecule has 0 saturated carbocycles. The number of hydrogen-bond acceptors (Lipinski definition) is 5. The fourth-order valence-corrected chi connectivity index (χ4v) is 2.97. The monoisotopic (exact) mass is 376 g/mol. The van der Waals surface area contributed by atoms with Crippen molar-refractivity contribution in [2.75, 3.05) is 23.3 Å². The average molecular weight is 377 g/mol. The molecule has 3 rings (SSSR count). The van der Waals surface area contributed by atoms with Crippen LogP contribution in [0.4, 0.5) is 17.5 Å². The standard InChI is InChI=1S/C23H28N4O/c1-5-27(6-2)23-25-20(18-12-8-7-9-13-18)16-22(26-23)24-19-14-10-11-15-21(19)28-17(3)4/h7-17H,5-6H2,1-4H3,(H,24,25,26). The lowest BCUT2D eigenvalue weighted by atomic mass is 10.1. The zero-order chi connectivity index (χ0) is 19.9. The van der Waals surface area contributed by atoms with Gasteiger partial charge >= 0.3 is 0 Å². The summed E-state index contributed by atoms with van der Waals surface area (Å²) in [7, 11) is 0. The molecule has 1 N–H and O–H groups in total. The van der Waals surface area contributed by atoms with Crippen LogP contribution in [0.5, 0.6) is 5.75 Å². The topological polar surface area (TPSA) is 50.3 Å². The van der Waals surface area contributed by atoms with Crippen molar-refractivity contribution >= 4 is 17.5 Å². The number of aromatic nitrogens is 2. The van der Waals surface area contributed by atoms with Crippen molar-refractivity contribution in [3.05, 3.63) is 60.7 Å². The number of ether oxygens (including phenoxy) is 1. The third kappa shape index (κ3) is 4.80. The molecule has 2 aromatic carbocycles. The smallest absolute Gasteiger partial charge is 0.227 e. The minimum absolute atomic E-state index is 0.0967. The third-order valence-electron chi connectivity index (χ3n) is 4.34. The second-order valence-electron chi connectivity index (χ2n) is 6.76. The molecule has 0 spiro atoms. The molecule has 146 valence electrons. The molecule has 0 aliphatic carbocycles. The number of nitrogens with zero attached hydrogens (tertiary/aromatic N) is 3. The van der Waals surface area contributed by atoms with Crippen LogP contribution >= 0.6 is 0 Å². The summed E-state index contributed by atoms with van der Waals surface area (Å²) >= 11 is 0. The molecule has 0 saturated heterocycles. The number of rotatable bonds is 8. The Bertz CT molecular complexity index is 892. The molecule has 28 heavy (non-hydrogen) atoms. The van der Waals surface area contributed by atoms with Gasteiger partial charge in [-0.15, -0.1) is 0 Å². The van der Waals surface area contributed by atoms with Gasteiger partial charge in [-0.3, -0.25) is 0 Å². The Balaban J connectivity index is 2.02. The van der Waals surface area contributed by atoms with Gasteiger partial charge in [0.2, 0.25) is 5.95 Å². The van der Waals surface area contributed by atoms with Crippen LogP contribution in [0.3, 0.4) is 0 Å². The zero-order valence-electron chi connectivity index (χ0n) is 17.0. The van der Waals surface area contributed by atoms with Gasteiger partial charge in [0.25, 0.3) is 0 Å². The van der Waals surface area contributed by atoms with Crippen molar-refractivity contribution < 1.29 is 4.74 Å². The van der Waals surface area contributed by atoms with Crippen LogP contribution in [0, 0.1) is 0 Å². The van der Waals surface area contributed by atoms with Gasteiger partial charge < -0.3 is 15.0 Å². The van der Waals surface area contributed by atoms with Crippen LogP contribution in [0.15, 0.2) is 60.7 Å². The predicted molar refractivity (Wildman–Crippen MR) is 117 cm³/mol. The fourth-order valence-electron chi connectivity index (χ4n) is 2.97. The predicted octanol–water partition coefficient (Wildman–Crippen LogP) is 5.52. The molecule has 0 atom stereocenters. The normalized spacial score (nSPS) is 10.8. The first-order chi connectivity index (χ1) is 13.6. The lowest BCUT2D eigenvalue weighted by molar-refractivity contribution is 0.244. The van der Waals surface area contributed by atoms with E-state index < -0.39 is 0 Å². The molecule has 1 heterocycles. The highest BCUT2D eigenvalue weighted by molar-refractivity contribution is 5.70. The van der Waals surface area contributed by atoms with Crippen LogP contribution in [-0.4, -0.2) is 29.2 Å². The van der Waals surface area contributed by atoms with Crippen LogP contribution in [0.25, 0.3) is 11.3 Å². The van der Waals surface area contributed by atoms with Gasteiger partial charge in [0.05, 0.1) is 17.5 Å². The molecule has 5 nitrogen and oxygen atoms in total. The summed E-state index contributed by atoms with van der Waals surface area (Å²) in [5.74, 6) is 2.27. The summed E-state index contributed by atoms with van der Waals surface area (Å²) in [6.45, 7) is 9.96. The van der Waals surface area contributed by atoms with Gasteiger partial charge in [-0.25, -0.2) is 4.98 Å². The van der Waals surface area contributed by atoms with Gasteiger partial charge in [0, 0.05) is 24.7 Å². The molecule has 0 amide bonds. The van der Waals surface area contributed by atoms with Crippen molar-refractivity contribution in [1.82, 2.24) is 9.97 Å². The molecule has 0 bridgehead atoms. The van der Waals surface area contributed by atoms with Crippen molar-refractivity contribution in [3.8, 4) is 17.0 Å². The van der Waals surface area contributed by atoms with Crippen LogP contribution in [0.2, 0.25) is 0 Å². The lowest BCUT2D eigenvalue weighted by Gasteiger charge is -2.21. The highest BCUT2D eigenvalue weighted by atomic mass is 16.5. The third-order valence-corrected chi connectivity index (χ3v) is 4.34. The van der Waals surface area contributed by atoms with E-state index in [1.165, 1.54) is 0 Å². The molecular weight excluding hydrogens is 348 g/mol. The van der Waals surface area contributed by atoms with Gasteiger partial charge in [-0.1, -0.05) is 42.5 Å². The summed E-state index contributed by atoms with van der Waals surface area (Å²) in [5.41, 5.74) is 2.84. The summed E-state index contributed by atoms with van der Waals surface area (Å²) in [5, 5.41) is 3.43. The first-order valence-corrected chi connectivity index (χ1v) is 9.82. The maximum atomic E-state index is 5.94. The SMILES string of the molecule is CCN(CC)c1nc(Nc2ccccc2OC(C)C)cc(-c2ccccc2)n1. The summed E-state index contributed by atoms with van der Waals surface area (Å²) in [6, 6.07) is 20.1. The Hall–Kier alpha value is -3.08. The second-order valence-corrected chi connectivity index (χ2v) is 6.76. The zero-order valence-corrected chi connectivity index (χ0v) is 17.0. The van der Waals surface area contributed by atoms with E-state index in [0.717, 1.165) is 47.5 Å². The molecule has 1 aromatic heterocycles. The van der Waals surface area contributed by atoms with E-state index in [0.29, 0.717) is 0 Å². The number of hydrogen-bond donors (Lipinski definition) is 1. The van der Waals surface area contributed by atoms with E-state index in [1.54, 1.807) is 0 Å². The highest BCUT2D eigenvalue weighted by Crippen LogP contribution is 2.30. The quantitative estimate of drug-likeness (QED) is 0.561. The van der Waals surface area contributed by atoms with E-state index >= 15 is 0 Å². The van der Waals surface area contributed by atoms with E-state index in [2.05, 4.69) is 36.2 Å². The van der Waals surface area contributed by atoms with Crippen molar-refractivity contribution in [2.24, 2.45) is 0 Å². The van der Waals surface area contributed by atoms with E-state index in [-0.39, 0.29) is 6.10 Å². The van der Waals surface area contributed by atoms with Gasteiger partial charge in [-0.05, 0) is 39.8 Å². The van der Waals surface area contributed by atoms with Gasteiger partial charge in [-0.2, -0.15) is 4.98 Å². The summed E-state index contributed by atoms with van der Waals surface area (Å²) in [6.07, 6.45) is 0.0967. The van der Waals surface area contributed by atoms with Crippen molar-refractivity contribution in [3.63, 3.8) is 0 Å². The Kier molecular flexibility index (Phi) is 6.48. The Morgan fingerprint density at radius 2 is 1.61 bits per heavy atom. The minimum Gasteiger partial charge on any atom is -0.489 e. The fraction of sp³-hybridized carbons (Fsp3) is 0.304. The van der Waals surface area contributed by atoms with E-state index in [9.17, 15) is 0 Å². The Morgan fingerprint density at radius 1 is 0.929 bits per heavy atom. The summed E-state index contributed by atoms with van der Waals surface area (Å²) in [4.78, 5) is 11.7. The Labute approximate surface area is 167 Å². The largest absolute Gasteiger partial charge is 0.489 e. The number of benzene rings is 2. The second kappa shape index (κ2) is 9.22. The molecule has 0 aliphatic rings. The van der Waals surface area contributed by atoms with Crippen molar-refractivity contribution in [2.45, 2.75) is 33.8 Å². The molecule has 0 radical (unpaired) electrons. The van der Waals surface area contributed by atoms with E-state index in [1.807, 2.05) is 62.4 Å². The number of anilines is 3. The van der Waals surface area contributed by atoms with Crippen LogP contribution in [0.1, 0.15) is 27.7 Å². The highest BCUT2D eigenvalue weighted by Gasteiger charge is 2.13. The molecule has 0 unspecified atom stereocenters. The molecule has 5 heteroatoms. The number of nitrogens with one attached hydrogen (secondary N) is 1. The molecule has 3 aromatic rings. The maximum Gasteiger partial charge on any atom is 0.227 e. The minimum atomic E-state index is 0.0967. The molecule has 0 fully saturated rings. The van der Waals surface area contributed by atoms with Crippen LogP contribution < -0.4 is 15.0 Å². The first kappa shape index (κ1) is 19.7. The van der Waals surface area contributed by atoms with Crippen LogP contribution in [-0.2, 0) is 0 Å². The average Bonchev–Trinajstić information content (AvgIpc) is 2.71. The van der Waals surface area contributed by atoms with Gasteiger partial charge in [0.1, 0.15) is 11.6 Å².